The lowest BCUT2D eigenvalue weighted by molar-refractivity contribution is -0.145. The quantitative estimate of drug-likeness (QED) is 0.698. The highest BCUT2D eigenvalue weighted by Gasteiger charge is 2.38. The number of aliphatic carboxylic acids is 1. The molecule has 0 amide bonds. The van der Waals surface area contributed by atoms with Gasteiger partial charge in [-0.2, -0.15) is 0 Å². The molecule has 0 saturated carbocycles. The van der Waals surface area contributed by atoms with Gasteiger partial charge < -0.3 is 10.2 Å². The highest BCUT2D eigenvalue weighted by molar-refractivity contribution is 5.80. The number of nitrogens with one attached hydrogen (secondary N) is 1. The Labute approximate surface area is 101 Å². The Morgan fingerprint density at radius 1 is 1.41 bits per heavy atom. The summed E-state index contributed by atoms with van der Waals surface area (Å²) in [7, 11) is 0. The summed E-state index contributed by atoms with van der Waals surface area (Å²) in [5, 5.41) is 21.7. The third-order valence-electron chi connectivity index (χ3n) is 2.86. The van der Waals surface area contributed by atoms with Crippen LogP contribution in [0.15, 0.2) is 30.3 Å². The van der Waals surface area contributed by atoms with Crippen LogP contribution in [0.4, 0.5) is 0 Å². The van der Waals surface area contributed by atoms with Gasteiger partial charge in [0.2, 0.25) is 0 Å². The van der Waals surface area contributed by atoms with Crippen LogP contribution in [-0.4, -0.2) is 28.8 Å². The lowest BCUT2D eigenvalue weighted by Gasteiger charge is -2.30. The van der Waals surface area contributed by atoms with Gasteiger partial charge in [-0.1, -0.05) is 37.3 Å². The Morgan fingerprint density at radius 2 is 2.00 bits per heavy atom. The molecule has 4 heteroatoms. The van der Waals surface area contributed by atoms with E-state index in [2.05, 4.69) is 5.32 Å². The fraction of sp³-hybridized carbons (Fsp3) is 0.462. The van der Waals surface area contributed by atoms with Crippen LogP contribution in [-0.2, 0) is 10.3 Å². The van der Waals surface area contributed by atoms with E-state index < -0.39 is 17.6 Å². The van der Waals surface area contributed by atoms with Gasteiger partial charge in [0, 0.05) is 6.54 Å². The van der Waals surface area contributed by atoms with E-state index in [4.69, 9.17) is 0 Å². The maximum atomic E-state index is 11.5. The Balaban J connectivity index is 3.05. The van der Waals surface area contributed by atoms with Gasteiger partial charge in [-0.3, -0.25) is 5.32 Å². The van der Waals surface area contributed by atoms with Gasteiger partial charge >= 0.3 is 5.97 Å². The minimum atomic E-state index is -1.13. The van der Waals surface area contributed by atoms with Crippen molar-refractivity contribution in [1.29, 1.82) is 0 Å². The highest BCUT2D eigenvalue weighted by Crippen LogP contribution is 2.25. The minimum absolute atomic E-state index is 0.245. The van der Waals surface area contributed by atoms with Crippen LogP contribution < -0.4 is 5.32 Å². The molecule has 94 valence electrons. The zero-order valence-corrected chi connectivity index (χ0v) is 10.2. The monoisotopic (exact) mass is 237 g/mol. The van der Waals surface area contributed by atoms with Crippen molar-refractivity contribution >= 4 is 5.97 Å². The molecule has 4 nitrogen and oxygen atoms in total. The molecule has 0 fully saturated rings. The van der Waals surface area contributed by atoms with Crippen LogP contribution in [0.1, 0.15) is 25.8 Å². The van der Waals surface area contributed by atoms with E-state index in [1.54, 1.807) is 19.1 Å². The standard InChI is InChI=1S/C13H19NO3/c1-3-13(12(16)17,14-9-10(2)15)11-7-5-4-6-8-11/h4-8,10,14-15H,3,9H2,1-2H3,(H,16,17). The molecule has 1 rings (SSSR count). The zero-order valence-electron chi connectivity index (χ0n) is 10.2. The predicted molar refractivity (Wildman–Crippen MR) is 65.7 cm³/mol. The molecule has 1 aromatic rings. The van der Waals surface area contributed by atoms with Crippen LogP contribution in [0.2, 0.25) is 0 Å². The van der Waals surface area contributed by atoms with Gasteiger partial charge in [-0.25, -0.2) is 4.79 Å². The van der Waals surface area contributed by atoms with Gasteiger partial charge in [0.1, 0.15) is 5.54 Å². The third-order valence-corrected chi connectivity index (χ3v) is 2.86. The summed E-state index contributed by atoms with van der Waals surface area (Å²) in [6.45, 7) is 3.69. The van der Waals surface area contributed by atoms with E-state index in [9.17, 15) is 15.0 Å². The van der Waals surface area contributed by atoms with Gasteiger partial charge in [0.05, 0.1) is 6.10 Å². The molecule has 0 aliphatic carbocycles. The summed E-state index contributed by atoms with van der Waals surface area (Å²) in [6.07, 6.45) is -0.164. The summed E-state index contributed by atoms with van der Waals surface area (Å²) in [5.41, 5.74) is -0.422. The molecular formula is C13H19NO3. The molecule has 3 N–H and O–H groups in total. The average molecular weight is 237 g/mol. The fourth-order valence-corrected chi connectivity index (χ4v) is 1.83. The van der Waals surface area contributed by atoms with Crippen LogP contribution in [0.25, 0.3) is 0 Å². The van der Waals surface area contributed by atoms with Gasteiger partial charge in [0.15, 0.2) is 0 Å². The predicted octanol–water partition coefficient (Wildman–Crippen LogP) is 1.35. The van der Waals surface area contributed by atoms with Crippen molar-refractivity contribution < 1.29 is 15.0 Å². The Morgan fingerprint density at radius 3 is 2.41 bits per heavy atom. The van der Waals surface area contributed by atoms with E-state index in [0.29, 0.717) is 12.0 Å². The number of benzene rings is 1. The number of aliphatic hydroxyl groups is 1. The molecule has 0 saturated heterocycles. The van der Waals surface area contributed by atoms with E-state index in [0.717, 1.165) is 0 Å². The smallest absolute Gasteiger partial charge is 0.328 e. The summed E-state index contributed by atoms with van der Waals surface area (Å²) >= 11 is 0. The Kier molecular flexibility index (Phi) is 4.66. The average Bonchev–Trinajstić information content (AvgIpc) is 2.31. The normalized spacial score (nSPS) is 16.2. The number of carbonyl (C=O) groups is 1. The largest absolute Gasteiger partial charge is 0.480 e. The first kappa shape index (κ1) is 13.7. The van der Waals surface area contributed by atoms with Crippen molar-refractivity contribution in [3.8, 4) is 0 Å². The molecule has 0 radical (unpaired) electrons. The zero-order chi connectivity index (χ0) is 12.9. The van der Waals surface area contributed by atoms with Gasteiger partial charge in [-0.05, 0) is 18.9 Å². The highest BCUT2D eigenvalue weighted by atomic mass is 16.4. The number of carboxylic acids is 1. The summed E-state index contributed by atoms with van der Waals surface area (Å²) < 4.78 is 0. The van der Waals surface area contributed by atoms with Crippen LogP contribution in [0.5, 0.6) is 0 Å². The maximum absolute atomic E-state index is 11.5. The molecule has 0 spiro atoms. The second-order valence-corrected chi connectivity index (χ2v) is 4.16. The van der Waals surface area contributed by atoms with Crippen LogP contribution in [0.3, 0.4) is 0 Å². The first-order valence-electron chi connectivity index (χ1n) is 5.75. The Hall–Kier alpha value is -1.39. The molecule has 0 aliphatic rings. The number of carboxylic acid groups (broad SMARTS) is 1. The summed E-state index contributed by atoms with van der Waals surface area (Å²) in [4.78, 5) is 11.5. The van der Waals surface area contributed by atoms with E-state index in [-0.39, 0.29) is 6.54 Å². The molecular weight excluding hydrogens is 218 g/mol. The molecule has 1 aromatic carbocycles. The topological polar surface area (TPSA) is 69.6 Å². The molecule has 0 aliphatic heterocycles. The van der Waals surface area contributed by atoms with Gasteiger partial charge in [-0.15, -0.1) is 0 Å². The van der Waals surface area contributed by atoms with Crippen molar-refractivity contribution in [3.63, 3.8) is 0 Å². The van der Waals surface area contributed by atoms with E-state index in [1.807, 2.05) is 25.1 Å². The second-order valence-electron chi connectivity index (χ2n) is 4.16. The second kappa shape index (κ2) is 5.80. The lowest BCUT2D eigenvalue weighted by Crippen LogP contribution is -2.50. The van der Waals surface area contributed by atoms with Crippen molar-refractivity contribution in [2.45, 2.75) is 31.9 Å². The number of hydrogen-bond donors (Lipinski definition) is 3. The molecule has 2 unspecified atom stereocenters. The van der Waals surface area contributed by atoms with Crippen LogP contribution in [0, 0.1) is 0 Å². The first-order valence-corrected chi connectivity index (χ1v) is 5.75. The van der Waals surface area contributed by atoms with E-state index in [1.165, 1.54) is 0 Å². The first-order chi connectivity index (χ1) is 8.03. The summed E-state index contributed by atoms with van der Waals surface area (Å²) in [6, 6.07) is 9.04. The van der Waals surface area contributed by atoms with E-state index >= 15 is 0 Å². The SMILES string of the molecule is CCC(NCC(C)O)(C(=O)O)c1ccccc1. The van der Waals surface area contributed by atoms with Crippen molar-refractivity contribution in [2.75, 3.05) is 6.54 Å². The molecule has 0 aromatic heterocycles. The molecule has 0 bridgehead atoms. The maximum Gasteiger partial charge on any atom is 0.328 e. The minimum Gasteiger partial charge on any atom is -0.480 e. The fourth-order valence-electron chi connectivity index (χ4n) is 1.83. The lowest BCUT2D eigenvalue weighted by atomic mass is 9.87. The summed E-state index contributed by atoms with van der Waals surface area (Å²) in [5.74, 6) is -0.924. The van der Waals surface area contributed by atoms with Crippen molar-refractivity contribution in [3.05, 3.63) is 35.9 Å². The molecule has 17 heavy (non-hydrogen) atoms. The third kappa shape index (κ3) is 3.05. The number of aliphatic hydroxyl groups excluding tert-OH is 1. The number of rotatable bonds is 6. The molecule has 0 heterocycles. The van der Waals surface area contributed by atoms with Gasteiger partial charge in [0.25, 0.3) is 0 Å². The van der Waals surface area contributed by atoms with Crippen molar-refractivity contribution in [2.24, 2.45) is 0 Å². The van der Waals surface area contributed by atoms with Crippen molar-refractivity contribution in [1.82, 2.24) is 5.32 Å². The molecule has 2 atom stereocenters. The Bertz CT molecular complexity index is 364. The number of hydrogen-bond acceptors (Lipinski definition) is 3. The van der Waals surface area contributed by atoms with Crippen LogP contribution >= 0.6 is 0 Å².